The zero-order valence-electron chi connectivity index (χ0n) is 12.3. The average Bonchev–Trinajstić information content (AvgIpc) is 2.69. The van der Waals surface area contributed by atoms with Crippen LogP contribution in [0.4, 0.5) is 0 Å². The van der Waals surface area contributed by atoms with Gasteiger partial charge in [0.15, 0.2) is 0 Å². The van der Waals surface area contributed by atoms with Crippen LogP contribution < -0.4 is 0 Å². The molecule has 1 N–H and O–H groups in total. The van der Waals surface area contributed by atoms with Gasteiger partial charge in [-0.3, -0.25) is 0 Å². The Morgan fingerprint density at radius 2 is 1.95 bits per heavy atom. The first-order valence-electron chi connectivity index (χ1n) is 6.64. The van der Waals surface area contributed by atoms with Crippen molar-refractivity contribution in [1.82, 2.24) is 4.98 Å². The van der Waals surface area contributed by atoms with Crippen LogP contribution in [-0.4, -0.2) is 17.6 Å². The molecular weight excluding hydrogens is 238 g/mol. The monoisotopic (exact) mass is 259 g/mol. The van der Waals surface area contributed by atoms with Crippen LogP contribution in [-0.2, 0) is 10.2 Å². The Labute approximate surface area is 114 Å². The normalized spacial score (nSPS) is 11.8. The Bertz CT molecular complexity index is 617. The fourth-order valence-corrected chi connectivity index (χ4v) is 2.42. The molecule has 0 bridgehead atoms. The highest BCUT2D eigenvalue weighted by atomic mass is 16.5. The van der Waals surface area contributed by atoms with Crippen molar-refractivity contribution in [2.24, 2.45) is 0 Å². The molecule has 0 saturated heterocycles. The van der Waals surface area contributed by atoms with Crippen LogP contribution in [0.5, 0.6) is 0 Å². The van der Waals surface area contributed by atoms with Crippen molar-refractivity contribution in [3.05, 3.63) is 35.0 Å². The van der Waals surface area contributed by atoms with Crippen LogP contribution in [0, 0.1) is 6.92 Å². The van der Waals surface area contributed by atoms with E-state index in [0.717, 1.165) is 10.9 Å². The molecule has 1 aromatic carbocycles. The van der Waals surface area contributed by atoms with E-state index in [0.29, 0.717) is 12.3 Å². The SMILES string of the molecule is CCOC(=O)c1cc2cc(C)c(C(C)(C)C)cc2[nH]1. The minimum Gasteiger partial charge on any atom is -0.461 e. The third-order valence-corrected chi connectivity index (χ3v) is 3.27. The van der Waals surface area contributed by atoms with Gasteiger partial charge in [-0.05, 0) is 48.6 Å². The van der Waals surface area contributed by atoms with E-state index in [-0.39, 0.29) is 11.4 Å². The van der Waals surface area contributed by atoms with Crippen molar-refractivity contribution in [1.29, 1.82) is 0 Å². The number of ether oxygens (including phenoxy) is 1. The summed E-state index contributed by atoms with van der Waals surface area (Å²) < 4.78 is 5.02. The Morgan fingerprint density at radius 3 is 2.53 bits per heavy atom. The van der Waals surface area contributed by atoms with Crippen molar-refractivity contribution in [2.75, 3.05) is 6.61 Å². The molecule has 2 rings (SSSR count). The number of carbonyl (C=O) groups excluding carboxylic acids is 1. The first kappa shape index (κ1) is 13.7. The maximum Gasteiger partial charge on any atom is 0.354 e. The molecule has 0 aliphatic heterocycles. The smallest absolute Gasteiger partial charge is 0.354 e. The predicted molar refractivity (Wildman–Crippen MR) is 77.7 cm³/mol. The molecule has 0 amide bonds. The Morgan fingerprint density at radius 1 is 1.26 bits per heavy atom. The summed E-state index contributed by atoms with van der Waals surface area (Å²) >= 11 is 0. The lowest BCUT2D eigenvalue weighted by Crippen LogP contribution is -2.12. The van der Waals surface area contributed by atoms with Gasteiger partial charge in [0, 0.05) is 10.9 Å². The lowest BCUT2D eigenvalue weighted by molar-refractivity contribution is 0.0520. The number of aromatic nitrogens is 1. The summed E-state index contributed by atoms with van der Waals surface area (Å²) in [7, 11) is 0. The third kappa shape index (κ3) is 2.65. The topological polar surface area (TPSA) is 42.1 Å². The van der Waals surface area contributed by atoms with Crippen molar-refractivity contribution in [3.63, 3.8) is 0 Å². The number of esters is 1. The molecule has 0 aliphatic carbocycles. The van der Waals surface area contributed by atoms with Gasteiger partial charge in [-0.25, -0.2) is 4.79 Å². The highest BCUT2D eigenvalue weighted by molar-refractivity contribution is 5.95. The molecule has 19 heavy (non-hydrogen) atoms. The Kier molecular flexibility index (Phi) is 3.40. The van der Waals surface area contributed by atoms with Gasteiger partial charge in [0.1, 0.15) is 5.69 Å². The molecule has 1 heterocycles. The van der Waals surface area contributed by atoms with Crippen molar-refractivity contribution >= 4 is 16.9 Å². The number of carbonyl (C=O) groups is 1. The van der Waals surface area contributed by atoms with E-state index >= 15 is 0 Å². The van der Waals surface area contributed by atoms with E-state index < -0.39 is 0 Å². The fourth-order valence-electron chi connectivity index (χ4n) is 2.42. The van der Waals surface area contributed by atoms with E-state index in [9.17, 15) is 4.79 Å². The quantitative estimate of drug-likeness (QED) is 0.830. The number of fused-ring (bicyclic) bond motifs is 1. The highest BCUT2D eigenvalue weighted by Crippen LogP contribution is 2.29. The molecule has 2 aromatic rings. The number of hydrogen-bond acceptors (Lipinski definition) is 2. The third-order valence-electron chi connectivity index (χ3n) is 3.27. The van der Waals surface area contributed by atoms with Gasteiger partial charge in [0.05, 0.1) is 6.61 Å². The summed E-state index contributed by atoms with van der Waals surface area (Å²) in [6.07, 6.45) is 0. The van der Waals surface area contributed by atoms with Crippen LogP contribution in [0.3, 0.4) is 0 Å². The highest BCUT2D eigenvalue weighted by Gasteiger charge is 2.18. The molecule has 0 fully saturated rings. The van der Waals surface area contributed by atoms with Crippen LogP contribution >= 0.6 is 0 Å². The second-order valence-corrected chi connectivity index (χ2v) is 5.91. The maximum atomic E-state index is 11.7. The summed E-state index contributed by atoms with van der Waals surface area (Å²) in [6.45, 7) is 10.9. The van der Waals surface area contributed by atoms with Crippen molar-refractivity contribution < 1.29 is 9.53 Å². The Balaban J connectivity index is 2.52. The van der Waals surface area contributed by atoms with Gasteiger partial charge in [0.2, 0.25) is 0 Å². The second kappa shape index (κ2) is 4.72. The van der Waals surface area contributed by atoms with Crippen LogP contribution in [0.2, 0.25) is 0 Å². The zero-order chi connectivity index (χ0) is 14.2. The number of aryl methyl sites for hydroxylation is 1. The minimum atomic E-state index is -0.298. The molecule has 3 heteroatoms. The van der Waals surface area contributed by atoms with Crippen LogP contribution in [0.1, 0.15) is 49.3 Å². The summed E-state index contributed by atoms with van der Waals surface area (Å²) in [6, 6.07) is 6.11. The van der Waals surface area contributed by atoms with Gasteiger partial charge in [-0.1, -0.05) is 20.8 Å². The summed E-state index contributed by atoms with van der Waals surface area (Å²) in [4.78, 5) is 14.9. The van der Waals surface area contributed by atoms with Gasteiger partial charge in [-0.2, -0.15) is 0 Å². The molecule has 0 atom stereocenters. The summed E-state index contributed by atoms with van der Waals surface area (Å²) in [5, 5.41) is 1.05. The van der Waals surface area contributed by atoms with Gasteiger partial charge in [-0.15, -0.1) is 0 Å². The molecule has 3 nitrogen and oxygen atoms in total. The predicted octanol–water partition coefficient (Wildman–Crippen LogP) is 3.95. The largest absolute Gasteiger partial charge is 0.461 e. The molecule has 0 radical (unpaired) electrons. The van der Waals surface area contributed by atoms with E-state index in [1.54, 1.807) is 0 Å². The first-order chi connectivity index (χ1) is 8.82. The second-order valence-electron chi connectivity index (χ2n) is 5.91. The van der Waals surface area contributed by atoms with Gasteiger partial charge >= 0.3 is 5.97 Å². The van der Waals surface area contributed by atoms with E-state index in [4.69, 9.17) is 4.74 Å². The summed E-state index contributed by atoms with van der Waals surface area (Å²) in [5.41, 5.74) is 4.13. The number of H-pyrrole nitrogens is 1. The number of rotatable bonds is 2. The molecular formula is C16H21NO2. The maximum absolute atomic E-state index is 11.7. The van der Waals surface area contributed by atoms with E-state index in [1.165, 1.54) is 11.1 Å². The van der Waals surface area contributed by atoms with E-state index in [2.05, 4.69) is 44.8 Å². The molecule has 0 aliphatic rings. The Hall–Kier alpha value is -1.77. The number of aromatic amines is 1. The lowest BCUT2D eigenvalue weighted by atomic mass is 9.83. The number of hydrogen-bond donors (Lipinski definition) is 1. The minimum absolute atomic E-state index is 0.0907. The van der Waals surface area contributed by atoms with Gasteiger partial charge < -0.3 is 9.72 Å². The first-order valence-corrected chi connectivity index (χ1v) is 6.64. The van der Waals surface area contributed by atoms with Crippen molar-refractivity contribution in [3.8, 4) is 0 Å². The number of nitrogens with one attached hydrogen (secondary N) is 1. The molecule has 0 spiro atoms. The molecule has 0 saturated carbocycles. The standard InChI is InChI=1S/C16H21NO2/c1-6-19-15(18)14-8-11-7-10(2)12(16(3,4)5)9-13(11)17-14/h7-9,17H,6H2,1-5H3. The van der Waals surface area contributed by atoms with Gasteiger partial charge in [0.25, 0.3) is 0 Å². The lowest BCUT2D eigenvalue weighted by Gasteiger charge is -2.21. The van der Waals surface area contributed by atoms with E-state index in [1.807, 2.05) is 13.0 Å². The molecule has 1 aromatic heterocycles. The summed E-state index contributed by atoms with van der Waals surface area (Å²) in [5.74, 6) is -0.298. The van der Waals surface area contributed by atoms with Crippen molar-refractivity contribution in [2.45, 2.75) is 40.0 Å². The molecule has 0 unspecified atom stereocenters. The fraction of sp³-hybridized carbons (Fsp3) is 0.438. The average molecular weight is 259 g/mol. The van der Waals surface area contributed by atoms with Crippen LogP contribution in [0.25, 0.3) is 10.9 Å². The zero-order valence-corrected chi connectivity index (χ0v) is 12.3. The van der Waals surface area contributed by atoms with Crippen LogP contribution in [0.15, 0.2) is 18.2 Å². The number of benzene rings is 1. The molecule has 102 valence electrons.